The van der Waals surface area contributed by atoms with Gasteiger partial charge in [0.2, 0.25) is 6.54 Å². The number of nitrogens with one attached hydrogen (secondary N) is 1. The predicted octanol–water partition coefficient (Wildman–Crippen LogP) is 4.23. The van der Waals surface area contributed by atoms with E-state index in [0.29, 0.717) is 5.02 Å². The standard InChI is InChI=1S/C16H13ClN2O2/c17-15-7-3-1-5-11(15)14(10-19(20)21)13-9-18-16-8-4-2-6-12(13)16/h1-9,14,18H,10H2. The van der Waals surface area contributed by atoms with Crippen molar-refractivity contribution in [3.05, 3.63) is 81.0 Å². The second kappa shape index (κ2) is 5.58. The monoisotopic (exact) mass is 300 g/mol. The van der Waals surface area contributed by atoms with Crippen LogP contribution in [-0.2, 0) is 0 Å². The number of para-hydroxylation sites is 1. The molecule has 1 unspecified atom stereocenters. The predicted molar refractivity (Wildman–Crippen MR) is 83.5 cm³/mol. The molecule has 0 aliphatic heterocycles. The van der Waals surface area contributed by atoms with Crippen LogP contribution in [0.25, 0.3) is 10.9 Å². The van der Waals surface area contributed by atoms with E-state index in [1.165, 1.54) is 0 Å². The molecule has 1 atom stereocenters. The smallest absolute Gasteiger partial charge is 0.214 e. The number of H-pyrrole nitrogens is 1. The molecule has 0 fully saturated rings. The zero-order valence-corrected chi connectivity index (χ0v) is 11.9. The number of nitrogens with zero attached hydrogens (tertiary/aromatic N) is 1. The molecule has 3 aromatic rings. The second-order valence-electron chi connectivity index (χ2n) is 4.88. The number of aromatic nitrogens is 1. The summed E-state index contributed by atoms with van der Waals surface area (Å²) in [6.07, 6.45) is 1.84. The fourth-order valence-electron chi connectivity index (χ4n) is 2.65. The molecule has 1 aromatic heterocycles. The van der Waals surface area contributed by atoms with Gasteiger partial charge in [0.25, 0.3) is 0 Å². The largest absolute Gasteiger partial charge is 0.361 e. The average molecular weight is 301 g/mol. The molecule has 0 aliphatic carbocycles. The van der Waals surface area contributed by atoms with E-state index in [4.69, 9.17) is 11.6 Å². The molecule has 0 radical (unpaired) electrons. The Bertz CT molecular complexity index is 798. The van der Waals surface area contributed by atoms with Gasteiger partial charge in [0, 0.05) is 27.0 Å². The highest BCUT2D eigenvalue weighted by molar-refractivity contribution is 6.31. The van der Waals surface area contributed by atoms with Gasteiger partial charge in [-0.25, -0.2) is 0 Å². The van der Waals surface area contributed by atoms with Crippen molar-refractivity contribution in [2.75, 3.05) is 6.54 Å². The van der Waals surface area contributed by atoms with Gasteiger partial charge in [-0.1, -0.05) is 48.0 Å². The third-order valence-corrected chi connectivity index (χ3v) is 3.95. The molecule has 0 saturated carbocycles. The number of benzene rings is 2. The van der Waals surface area contributed by atoms with E-state index in [2.05, 4.69) is 4.98 Å². The zero-order valence-electron chi connectivity index (χ0n) is 11.1. The SMILES string of the molecule is O=[N+]([O-])CC(c1ccccc1Cl)c1c[nH]c2ccccc12. The number of nitro groups is 1. The Labute approximate surface area is 126 Å². The van der Waals surface area contributed by atoms with E-state index >= 15 is 0 Å². The van der Waals surface area contributed by atoms with Crippen LogP contribution in [0.3, 0.4) is 0 Å². The van der Waals surface area contributed by atoms with E-state index in [1.807, 2.05) is 48.7 Å². The van der Waals surface area contributed by atoms with E-state index in [1.54, 1.807) is 6.07 Å². The molecular formula is C16H13ClN2O2. The molecule has 5 heteroatoms. The maximum atomic E-state index is 11.1. The Balaban J connectivity index is 2.16. The molecule has 2 aromatic carbocycles. The zero-order chi connectivity index (χ0) is 14.8. The lowest BCUT2D eigenvalue weighted by Crippen LogP contribution is -2.14. The molecule has 0 aliphatic rings. The lowest BCUT2D eigenvalue weighted by atomic mass is 9.91. The van der Waals surface area contributed by atoms with Gasteiger partial charge in [0.05, 0.1) is 5.92 Å². The molecule has 0 spiro atoms. The van der Waals surface area contributed by atoms with Crippen molar-refractivity contribution in [1.82, 2.24) is 4.98 Å². The summed E-state index contributed by atoms with van der Waals surface area (Å²) in [5.74, 6) is -0.371. The summed E-state index contributed by atoms with van der Waals surface area (Å²) in [5.41, 5.74) is 2.64. The second-order valence-corrected chi connectivity index (χ2v) is 5.29. The first-order valence-electron chi connectivity index (χ1n) is 6.59. The van der Waals surface area contributed by atoms with Gasteiger partial charge in [-0.05, 0) is 23.3 Å². The lowest BCUT2D eigenvalue weighted by Gasteiger charge is -2.14. The van der Waals surface area contributed by atoms with Crippen molar-refractivity contribution in [3.63, 3.8) is 0 Å². The van der Waals surface area contributed by atoms with Crippen LogP contribution >= 0.6 is 11.6 Å². The highest BCUT2D eigenvalue weighted by atomic mass is 35.5. The van der Waals surface area contributed by atoms with Gasteiger partial charge >= 0.3 is 0 Å². The van der Waals surface area contributed by atoms with Crippen LogP contribution in [-0.4, -0.2) is 16.5 Å². The minimum atomic E-state index is -0.371. The Morgan fingerprint density at radius 1 is 1.10 bits per heavy atom. The summed E-state index contributed by atoms with van der Waals surface area (Å²) in [6.45, 7) is -0.189. The summed E-state index contributed by atoms with van der Waals surface area (Å²) in [7, 11) is 0. The number of aromatic amines is 1. The number of hydrogen-bond acceptors (Lipinski definition) is 2. The van der Waals surface area contributed by atoms with Gasteiger partial charge in [0.15, 0.2) is 0 Å². The van der Waals surface area contributed by atoms with Gasteiger partial charge in [-0.3, -0.25) is 10.1 Å². The molecular weight excluding hydrogens is 288 g/mol. The first-order chi connectivity index (χ1) is 10.2. The highest BCUT2D eigenvalue weighted by Gasteiger charge is 2.24. The summed E-state index contributed by atoms with van der Waals surface area (Å²) in [5, 5.41) is 12.6. The first kappa shape index (κ1) is 13.6. The number of fused-ring (bicyclic) bond motifs is 1. The Morgan fingerprint density at radius 3 is 2.57 bits per heavy atom. The summed E-state index contributed by atoms with van der Waals surface area (Å²) < 4.78 is 0. The summed E-state index contributed by atoms with van der Waals surface area (Å²) >= 11 is 6.24. The third-order valence-electron chi connectivity index (χ3n) is 3.61. The van der Waals surface area contributed by atoms with Crippen LogP contribution in [0.15, 0.2) is 54.7 Å². The molecule has 1 N–H and O–H groups in total. The van der Waals surface area contributed by atoms with Crippen LogP contribution in [0.5, 0.6) is 0 Å². The fraction of sp³-hybridized carbons (Fsp3) is 0.125. The van der Waals surface area contributed by atoms with E-state index in [0.717, 1.165) is 22.0 Å². The summed E-state index contributed by atoms with van der Waals surface area (Å²) in [6, 6.07) is 15.1. The number of rotatable bonds is 4. The maximum absolute atomic E-state index is 11.1. The number of halogens is 1. The van der Waals surface area contributed by atoms with Crippen LogP contribution in [0.4, 0.5) is 0 Å². The molecule has 1 heterocycles. The van der Waals surface area contributed by atoms with E-state index in [-0.39, 0.29) is 17.4 Å². The van der Waals surface area contributed by atoms with Crippen LogP contribution in [0.1, 0.15) is 17.0 Å². The number of hydrogen-bond donors (Lipinski definition) is 1. The van der Waals surface area contributed by atoms with Gasteiger partial charge < -0.3 is 4.98 Å². The topological polar surface area (TPSA) is 58.9 Å². The minimum Gasteiger partial charge on any atom is -0.361 e. The molecule has 21 heavy (non-hydrogen) atoms. The Hall–Kier alpha value is -2.33. The average Bonchev–Trinajstić information content (AvgIpc) is 2.89. The maximum Gasteiger partial charge on any atom is 0.214 e. The first-order valence-corrected chi connectivity index (χ1v) is 6.97. The van der Waals surface area contributed by atoms with Crippen LogP contribution < -0.4 is 0 Å². The third kappa shape index (κ3) is 2.62. The van der Waals surface area contributed by atoms with Gasteiger partial charge in [0.1, 0.15) is 0 Å². The normalized spacial score (nSPS) is 12.4. The van der Waals surface area contributed by atoms with Crippen molar-refractivity contribution in [3.8, 4) is 0 Å². The highest BCUT2D eigenvalue weighted by Crippen LogP contribution is 2.34. The van der Waals surface area contributed by atoms with Gasteiger partial charge in [-0.2, -0.15) is 0 Å². The van der Waals surface area contributed by atoms with Gasteiger partial charge in [-0.15, -0.1) is 0 Å². The van der Waals surface area contributed by atoms with Crippen molar-refractivity contribution in [2.45, 2.75) is 5.92 Å². The quantitative estimate of drug-likeness (QED) is 0.579. The molecule has 106 valence electrons. The van der Waals surface area contributed by atoms with E-state index < -0.39 is 0 Å². The molecule has 3 rings (SSSR count). The van der Waals surface area contributed by atoms with Crippen molar-refractivity contribution < 1.29 is 4.92 Å². The van der Waals surface area contributed by atoms with E-state index in [9.17, 15) is 10.1 Å². The lowest BCUT2D eigenvalue weighted by molar-refractivity contribution is -0.481. The molecule has 0 saturated heterocycles. The van der Waals surface area contributed by atoms with Crippen molar-refractivity contribution >= 4 is 22.5 Å². The summed E-state index contributed by atoms with van der Waals surface area (Å²) in [4.78, 5) is 13.9. The Morgan fingerprint density at radius 2 is 1.81 bits per heavy atom. The molecule has 4 nitrogen and oxygen atoms in total. The Kier molecular flexibility index (Phi) is 3.62. The van der Waals surface area contributed by atoms with Crippen molar-refractivity contribution in [2.24, 2.45) is 0 Å². The molecule has 0 bridgehead atoms. The minimum absolute atomic E-state index is 0.189. The van der Waals surface area contributed by atoms with Crippen LogP contribution in [0, 0.1) is 10.1 Å². The fourth-order valence-corrected chi connectivity index (χ4v) is 2.92. The van der Waals surface area contributed by atoms with Crippen LogP contribution in [0.2, 0.25) is 5.02 Å². The van der Waals surface area contributed by atoms with Crippen molar-refractivity contribution in [1.29, 1.82) is 0 Å². The molecule has 0 amide bonds.